The van der Waals surface area contributed by atoms with E-state index in [-0.39, 0.29) is 12.1 Å². The third-order valence-electron chi connectivity index (χ3n) is 4.00. The smallest absolute Gasteiger partial charge is 0.326 e. The molecule has 4 atom stereocenters. The van der Waals surface area contributed by atoms with Crippen LogP contribution in [-0.4, -0.2) is 41.2 Å². The van der Waals surface area contributed by atoms with E-state index in [9.17, 15) is 9.59 Å². The summed E-state index contributed by atoms with van der Waals surface area (Å²) in [7, 11) is 0. The molecule has 3 N–H and O–H groups in total. The van der Waals surface area contributed by atoms with Crippen molar-refractivity contribution >= 4 is 23.8 Å². The standard InChI is InChI=1S/C13H24N2O3S/c1-8-4-5-10(9(8)2)14-13(18)15-11(12(16)17)6-7-19-3/h8-11H,4-7H2,1-3H3,(H,16,17)(H2,14,15,18)/t8?,9?,10?,11-/m0/s1. The number of carbonyl (C=O) groups excluding carboxylic acids is 1. The van der Waals surface area contributed by atoms with Gasteiger partial charge in [0.2, 0.25) is 0 Å². The van der Waals surface area contributed by atoms with Gasteiger partial charge in [0.1, 0.15) is 6.04 Å². The zero-order chi connectivity index (χ0) is 14.4. The van der Waals surface area contributed by atoms with E-state index >= 15 is 0 Å². The Morgan fingerprint density at radius 1 is 1.37 bits per heavy atom. The molecule has 0 aromatic carbocycles. The van der Waals surface area contributed by atoms with E-state index in [4.69, 9.17) is 5.11 Å². The van der Waals surface area contributed by atoms with Gasteiger partial charge in [0.15, 0.2) is 0 Å². The third-order valence-corrected chi connectivity index (χ3v) is 4.64. The lowest BCUT2D eigenvalue weighted by Crippen LogP contribution is -2.50. The molecule has 110 valence electrons. The minimum absolute atomic E-state index is 0.157. The summed E-state index contributed by atoms with van der Waals surface area (Å²) in [6.07, 6.45) is 4.44. The Bertz CT molecular complexity index is 325. The largest absolute Gasteiger partial charge is 0.480 e. The zero-order valence-electron chi connectivity index (χ0n) is 11.8. The number of aliphatic carboxylic acids is 1. The topological polar surface area (TPSA) is 78.4 Å². The van der Waals surface area contributed by atoms with E-state index in [1.165, 1.54) is 0 Å². The Balaban J connectivity index is 2.42. The fraction of sp³-hybridized carbons (Fsp3) is 0.846. The Hall–Kier alpha value is -0.910. The van der Waals surface area contributed by atoms with Gasteiger partial charge in [-0.15, -0.1) is 0 Å². The summed E-state index contributed by atoms with van der Waals surface area (Å²) in [5, 5.41) is 14.5. The van der Waals surface area contributed by atoms with Crippen molar-refractivity contribution < 1.29 is 14.7 Å². The number of urea groups is 1. The molecule has 0 saturated heterocycles. The van der Waals surface area contributed by atoms with Crippen molar-refractivity contribution in [2.24, 2.45) is 11.8 Å². The van der Waals surface area contributed by atoms with E-state index in [0.717, 1.165) is 12.8 Å². The quantitative estimate of drug-likeness (QED) is 0.698. The molecule has 0 bridgehead atoms. The predicted octanol–water partition coefficient (Wildman–Crippen LogP) is 1.93. The van der Waals surface area contributed by atoms with E-state index in [1.807, 2.05) is 6.26 Å². The van der Waals surface area contributed by atoms with Crippen LogP contribution in [0.2, 0.25) is 0 Å². The minimum Gasteiger partial charge on any atom is -0.480 e. The van der Waals surface area contributed by atoms with Crippen molar-refractivity contribution in [1.82, 2.24) is 10.6 Å². The van der Waals surface area contributed by atoms with Crippen molar-refractivity contribution in [3.63, 3.8) is 0 Å². The summed E-state index contributed by atoms with van der Waals surface area (Å²) in [6, 6.07) is -1.01. The van der Waals surface area contributed by atoms with Gasteiger partial charge in [0, 0.05) is 6.04 Å². The number of nitrogens with one attached hydrogen (secondary N) is 2. The van der Waals surface area contributed by atoms with Gasteiger partial charge in [-0.05, 0) is 43.1 Å². The molecule has 19 heavy (non-hydrogen) atoms. The van der Waals surface area contributed by atoms with Crippen LogP contribution in [0, 0.1) is 11.8 Å². The first kappa shape index (κ1) is 16.1. The van der Waals surface area contributed by atoms with Crippen LogP contribution in [0.5, 0.6) is 0 Å². The maximum atomic E-state index is 11.8. The summed E-state index contributed by atoms with van der Waals surface area (Å²) < 4.78 is 0. The highest BCUT2D eigenvalue weighted by molar-refractivity contribution is 7.98. The van der Waals surface area contributed by atoms with Gasteiger partial charge in [-0.3, -0.25) is 0 Å². The highest BCUT2D eigenvalue weighted by atomic mass is 32.2. The van der Waals surface area contributed by atoms with Crippen molar-refractivity contribution in [2.75, 3.05) is 12.0 Å². The monoisotopic (exact) mass is 288 g/mol. The highest BCUT2D eigenvalue weighted by Gasteiger charge is 2.31. The number of hydrogen-bond donors (Lipinski definition) is 3. The first-order valence-corrected chi connectivity index (χ1v) is 8.13. The molecular formula is C13H24N2O3S. The van der Waals surface area contributed by atoms with E-state index in [0.29, 0.717) is 24.0 Å². The lowest BCUT2D eigenvalue weighted by Gasteiger charge is -2.21. The van der Waals surface area contributed by atoms with Gasteiger partial charge in [-0.2, -0.15) is 11.8 Å². The second-order valence-corrected chi connectivity index (χ2v) is 6.30. The SMILES string of the molecule is CSCC[C@H](NC(=O)NC1CCC(C)C1C)C(=O)O. The maximum Gasteiger partial charge on any atom is 0.326 e. The summed E-state index contributed by atoms with van der Waals surface area (Å²) >= 11 is 1.57. The minimum atomic E-state index is -0.975. The number of carboxylic acid groups (broad SMARTS) is 1. The van der Waals surface area contributed by atoms with Crippen molar-refractivity contribution in [3.05, 3.63) is 0 Å². The van der Waals surface area contributed by atoms with Gasteiger partial charge in [-0.25, -0.2) is 9.59 Å². The van der Waals surface area contributed by atoms with Crippen LogP contribution in [0.25, 0.3) is 0 Å². The molecule has 1 rings (SSSR count). The van der Waals surface area contributed by atoms with Gasteiger partial charge < -0.3 is 15.7 Å². The Kier molecular flexibility index (Phi) is 6.48. The van der Waals surface area contributed by atoms with E-state index in [2.05, 4.69) is 24.5 Å². The van der Waals surface area contributed by atoms with Crippen molar-refractivity contribution in [2.45, 2.75) is 45.2 Å². The average molecular weight is 288 g/mol. The fourth-order valence-electron chi connectivity index (χ4n) is 2.43. The van der Waals surface area contributed by atoms with Gasteiger partial charge in [0.25, 0.3) is 0 Å². The number of carboxylic acids is 1. The van der Waals surface area contributed by atoms with E-state index < -0.39 is 12.0 Å². The van der Waals surface area contributed by atoms with Gasteiger partial charge in [0.05, 0.1) is 0 Å². The van der Waals surface area contributed by atoms with Crippen LogP contribution in [0.4, 0.5) is 4.79 Å². The first-order valence-electron chi connectivity index (χ1n) is 6.74. The molecule has 0 spiro atoms. The predicted molar refractivity (Wildman–Crippen MR) is 77.4 cm³/mol. The molecular weight excluding hydrogens is 264 g/mol. The Morgan fingerprint density at radius 3 is 2.53 bits per heavy atom. The van der Waals surface area contributed by atoms with Crippen LogP contribution in [0.1, 0.15) is 33.1 Å². The van der Waals surface area contributed by atoms with Crippen LogP contribution in [0.15, 0.2) is 0 Å². The molecule has 2 amide bonds. The van der Waals surface area contributed by atoms with Crippen molar-refractivity contribution in [1.29, 1.82) is 0 Å². The summed E-state index contributed by atoms with van der Waals surface area (Å²) in [4.78, 5) is 22.9. The molecule has 1 saturated carbocycles. The normalized spacial score (nSPS) is 27.8. The lowest BCUT2D eigenvalue weighted by molar-refractivity contribution is -0.139. The third kappa shape index (κ3) is 4.93. The molecule has 0 aromatic rings. The number of amides is 2. The Morgan fingerprint density at radius 2 is 2.05 bits per heavy atom. The molecule has 0 heterocycles. The summed E-state index contributed by atoms with van der Waals surface area (Å²) in [5.41, 5.74) is 0. The molecule has 5 nitrogen and oxygen atoms in total. The molecule has 1 fully saturated rings. The van der Waals surface area contributed by atoms with Gasteiger partial charge >= 0.3 is 12.0 Å². The van der Waals surface area contributed by atoms with Crippen LogP contribution >= 0.6 is 11.8 Å². The molecule has 0 radical (unpaired) electrons. The van der Waals surface area contributed by atoms with Crippen LogP contribution in [0.3, 0.4) is 0 Å². The molecule has 6 heteroatoms. The Labute approximate surface area is 118 Å². The average Bonchev–Trinajstić information content (AvgIpc) is 2.66. The lowest BCUT2D eigenvalue weighted by atomic mass is 9.98. The van der Waals surface area contributed by atoms with Crippen LogP contribution in [-0.2, 0) is 4.79 Å². The molecule has 3 unspecified atom stereocenters. The second-order valence-electron chi connectivity index (χ2n) is 5.31. The maximum absolute atomic E-state index is 11.8. The number of hydrogen-bond acceptors (Lipinski definition) is 3. The van der Waals surface area contributed by atoms with Crippen molar-refractivity contribution in [3.8, 4) is 0 Å². The fourth-order valence-corrected chi connectivity index (χ4v) is 2.90. The number of thioether (sulfide) groups is 1. The first-order chi connectivity index (χ1) is 8.95. The van der Waals surface area contributed by atoms with Crippen LogP contribution < -0.4 is 10.6 Å². The second kappa shape index (κ2) is 7.62. The molecule has 0 aliphatic heterocycles. The van der Waals surface area contributed by atoms with Gasteiger partial charge in [-0.1, -0.05) is 13.8 Å². The zero-order valence-corrected chi connectivity index (χ0v) is 12.6. The summed E-state index contributed by atoms with van der Waals surface area (Å²) in [6.45, 7) is 4.31. The molecule has 1 aliphatic carbocycles. The molecule has 0 aromatic heterocycles. The highest BCUT2D eigenvalue weighted by Crippen LogP contribution is 2.30. The summed E-state index contributed by atoms with van der Waals surface area (Å²) in [5.74, 6) is 0.794. The number of rotatable bonds is 6. The van der Waals surface area contributed by atoms with E-state index in [1.54, 1.807) is 11.8 Å². The molecule has 1 aliphatic rings. The number of carbonyl (C=O) groups is 2.